The number of alkyl halides is 2. The Morgan fingerprint density at radius 1 is 1.52 bits per heavy atom. The number of halogens is 3. The number of carbonyl (C=O) groups excluding carboxylic acids is 1. The van der Waals surface area contributed by atoms with E-state index in [1.165, 1.54) is 18.2 Å². The number of ether oxygens (including phenoxy) is 1. The van der Waals surface area contributed by atoms with E-state index in [0.717, 1.165) is 19.4 Å². The van der Waals surface area contributed by atoms with Crippen LogP contribution in [-0.4, -0.2) is 25.1 Å². The van der Waals surface area contributed by atoms with E-state index in [-0.39, 0.29) is 24.2 Å². The Morgan fingerprint density at radius 2 is 2.33 bits per heavy atom. The number of benzene rings is 1. The van der Waals surface area contributed by atoms with Crippen LogP contribution in [0.1, 0.15) is 24.8 Å². The summed E-state index contributed by atoms with van der Waals surface area (Å²) in [6, 6.07) is 4.54. The molecule has 0 aliphatic carbocycles. The summed E-state index contributed by atoms with van der Waals surface area (Å²) in [4.78, 5) is 11.8. The topological polar surface area (TPSA) is 50.4 Å². The van der Waals surface area contributed by atoms with Gasteiger partial charge in [-0.3, -0.25) is 4.79 Å². The molecule has 1 heterocycles. The first kappa shape index (κ1) is 16.0. The van der Waals surface area contributed by atoms with Gasteiger partial charge in [-0.1, -0.05) is 11.6 Å². The van der Waals surface area contributed by atoms with E-state index >= 15 is 0 Å². The lowest BCUT2D eigenvalue weighted by atomic mass is 10.1. The van der Waals surface area contributed by atoms with Crippen LogP contribution in [0.15, 0.2) is 18.2 Å². The van der Waals surface area contributed by atoms with Gasteiger partial charge >= 0.3 is 6.61 Å². The average Bonchev–Trinajstić information content (AvgIpc) is 2.91. The molecule has 1 atom stereocenters. The number of hydrogen-bond donors (Lipinski definition) is 2. The van der Waals surface area contributed by atoms with Crippen LogP contribution in [0, 0.1) is 0 Å². The third kappa shape index (κ3) is 5.13. The highest BCUT2D eigenvalue weighted by Crippen LogP contribution is 2.24. The molecular formula is C14H17ClF2N2O2. The highest BCUT2D eigenvalue weighted by molar-refractivity contribution is 6.30. The molecule has 1 aliphatic rings. The Labute approximate surface area is 126 Å². The summed E-state index contributed by atoms with van der Waals surface area (Å²) < 4.78 is 29.0. The molecule has 0 bridgehead atoms. The number of amides is 1. The molecule has 116 valence electrons. The van der Waals surface area contributed by atoms with E-state index in [1.807, 2.05) is 0 Å². The molecule has 2 rings (SSSR count). The first-order valence-corrected chi connectivity index (χ1v) is 7.15. The van der Waals surface area contributed by atoms with Crippen molar-refractivity contribution in [1.82, 2.24) is 10.6 Å². The van der Waals surface area contributed by atoms with Crippen molar-refractivity contribution < 1.29 is 18.3 Å². The van der Waals surface area contributed by atoms with Crippen LogP contribution in [0.5, 0.6) is 5.75 Å². The molecule has 0 radical (unpaired) electrons. The van der Waals surface area contributed by atoms with Crippen LogP contribution in [0.4, 0.5) is 8.78 Å². The lowest BCUT2D eigenvalue weighted by Gasteiger charge is -2.13. The minimum absolute atomic E-state index is 0.0219. The molecule has 1 amide bonds. The van der Waals surface area contributed by atoms with E-state index in [0.29, 0.717) is 17.0 Å². The van der Waals surface area contributed by atoms with Crippen LogP contribution < -0.4 is 15.4 Å². The zero-order valence-electron chi connectivity index (χ0n) is 11.4. The van der Waals surface area contributed by atoms with Gasteiger partial charge in [0.25, 0.3) is 0 Å². The van der Waals surface area contributed by atoms with Crippen LogP contribution in [0.3, 0.4) is 0 Å². The highest BCUT2D eigenvalue weighted by atomic mass is 35.5. The quantitative estimate of drug-likeness (QED) is 0.848. The number of rotatable bonds is 6. The first-order chi connectivity index (χ1) is 10.0. The van der Waals surface area contributed by atoms with Gasteiger partial charge in [-0.05, 0) is 37.6 Å². The molecule has 0 aromatic heterocycles. The summed E-state index contributed by atoms with van der Waals surface area (Å²) in [6.45, 7) is -1.88. The molecular weight excluding hydrogens is 302 g/mol. The van der Waals surface area contributed by atoms with E-state index in [1.54, 1.807) is 0 Å². The van der Waals surface area contributed by atoms with Gasteiger partial charge in [-0.15, -0.1) is 0 Å². The van der Waals surface area contributed by atoms with Crippen molar-refractivity contribution in [1.29, 1.82) is 0 Å². The SMILES string of the molecule is O=C(CC1CCCN1)NCc1cc(Cl)ccc1OC(F)F. The summed E-state index contributed by atoms with van der Waals surface area (Å²) in [6.07, 6.45) is 2.43. The molecule has 0 saturated carbocycles. The Kier molecular flexibility index (Phi) is 5.76. The lowest BCUT2D eigenvalue weighted by molar-refractivity contribution is -0.121. The number of carbonyl (C=O) groups is 1. The normalized spacial score (nSPS) is 18.0. The molecule has 7 heteroatoms. The van der Waals surface area contributed by atoms with E-state index in [9.17, 15) is 13.6 Å². The molecule has 1 aliphatic heterocycles. The van der Waals surface area contributed by atoms with Crippen molar-refractivity contribution in [3.8, 4) is 5.75 Å². The summed E-state index contributed by atoms with van der Waals surface area (Å²) in [7, 11) is 0. The summed E-state index contributed by atoms with van der Waals surface area (Å²) in [5.74, 6) is -0.105. The predicted molar refractivity (Wildman–Crippen MR) is 75.6 cm³/mol. The Hall–Kier alpha value is -1.40. The van der Waals surface area contributed by atoms with Gasteiger partial charge in [0.1, 0.15) is 5.75 Å². The van der Waals surface area contributed by atoms with Gasteiger partial charge in [-0.25, -0.2) is 0 Å². The molecule has 21 heavy (non-hydrogen) atoms. The number of nitrogens with one attached hydrogen (secondary N) is 2. The van der Waals surface area contributed by atoms with Crippen molar-refractivity contribution in [2.75, 3.05) is 6.54 Å². The van der Waals surface area contributed by atoms with Crippen molar-refractivity contribution >= 4 is 17.5 Å². The fourth-order valence-corrected chi connectivity index (χ4v) is 2.51. The van der Waals surface area contributed by atoms with Crippen molar-refractivity contribution in [3.63, 3.8) is 0 Å². The summed E-state index contributed by atoms with van der Waals surface area (Å²) >= 11 is 5.84. The van der Waals surface area contributed by atoms with Crippen LogP contribution in [-0.2, 0) is 11.3 Å². The molecule has 1 fully saturated rings. The molecule has 1 unspecified atom stereocenters. The van der Waals surface area contributed by atoms with Gasteiger partial charge < -0.3 is 15.4 Å². The maximum absolute atomic E-state index is 12.3. The van der Waals surface area contributed by atoms with E-state index in [2.05, 4.69) is 15.4 Å². The fraction of sp³-hybridized carbons (Fsp3) is 0.500. The van der Waals surface area contributed by atoms with Gasteiger partial charge in [0.05, 0.1) is 0 Å². The number of hydrogen-bond acceptors (Lipinski definition) is 3. The second-order valence-electron chi connectivity index (χ2n) is 4.90. The predicted octanol–water partition coefficient (Wildman–Crippen LogP) is 2.70. The second-order valence-corrected chi connectivity index (χ2v) is 5.34. The summed E-state index contributed by atoms with van der Waals surface area (Å²) in [5, 5.41) is 6.33. The van der Waals surface area contributed by atoms with Gasteiger partial charge in [-0.2, -0.15) is 8.78 Å². The molecule has 1 aromatic rings. The molecule has 4 nitrogen and oxygen atoms in total. The maximum Gasteiger partial charge on any atom is 0.387 e. The van der Waals surface area contributed by atoms with Crippen molar-refractivity contribution in [2.24, 2.45) is 0 Å². The molecule has 2 N–H and O–H groups in total. The average molecular weight is 319 g/mol. The molecule has 0 spiro atoms. The Morgan fingerprint density at radius 3 is 3.00 bits per heavy atom. The first-order valence-electron chi connectivity index (χ1n) is 6.78. The Bertz CT molecular complexity index is 494. The summed E-state index contributed by atoms with van der Waals surface area (Å²) in [5.41, 5.74) is 0.426. The zero-order chi connectivity index (χ0) is 15.2. The third-order valence-electron chi connectivity index (χ3n) is 3.31. The molecule has 1 saturated heterocycles. The lowest BCUT2D eigenvalue weighted by Crippen LogP contribution is -2.31. The largest absolute Gasteiger partial charge is 0.434 e. The van der Waals surface area contributed by atoms with Crippen LogP contribution >= 0.6 is 11.6 Å². The fourth-order valence-electron chi connectivity index (χ4n) is 2.32. The maximum atomic E-state index is 12.3. The van der Waals surface area contributed by atoms with Crippen molar-refractivity contribution in [2.45, 2.75) is 38.5 Å². The van der Waals surface area contributed by atoms with Gasteiger partial charge in [0, 0.05) is 29.6 Å². The molecule has 1 aromatic carbocycles. The minimum Gasteiger partial charge on any atom is -0.434 e. The second kappa shape index (κ2) is 7.56. The van der Waals surface area contributed by atoms with E-state index in [4.69, 9.17) is 11.6 Å². The zero-order valence-corrected chi connectivity index (χ0v) is 12.1. The minimum atomic E-state index is -2.91. The monoisotopic (exact) mass is 318 g/mol. The van der Waals surface area contributed by atoms with Crippen LogP contribution in [0.25, 0.3) is 0 Å². The third-order valence-corrected chi connectivity index (χ3v) is 3.54. The standard InChI is InChI=1S/C14H17ClF2N2O2/c15-10-3-4-12(21-14(16)17)9(6-10)8-19-13(20)7-11-2-1-5-18-11/h3-4,6,11,14,18H,1-2,5,7-8H2,(H,19,20). The smallest absolute Gasteiger partial charge is 0.387 e. The Balaban J connectivity index is 1.91. The van der Waals surface area contributed by atoms with Crippen molar-refractivity contribution in [3.05, 3.63) is 28.8 Å². The van der Waals surface area contributed by atoms with E-state index < -0.39 is 6.61 Å². The highest BCUT2D eigenvalue weighted by Gasteiger charge is 2.18. The van der Waals surface area contributed by atoms with Gasteiger partial charge in [0.2, 0.25) is 5.91 Å². The van der Waals surface area contributed by atoms with Crippen LogP contribution in [0.2, 0.25) is 5.02 Å². The van der Waals surface area contributed by atoms with Gasteiger partial charge in [0.15, 0.2) is 0 Å².